The van der Waals surface area contributed by atoms with Crippen molar-refractivity contribution >= 4 is 87.8 Å². The van der Waals surface area contributed by atoms with E-state index in [1.54, 1.807) is 0 Å². The minimum atomic E-state index is -5.23. The molecule has 0 radical (unpaired) electrons. The van der Waals surface area contributed by atoms with Gasteiger partial charge in [0.15, 0.2) is 0 Å². The Labute approximate surface area is 470 Å². The largest absolute Gasteiger partial charge is 1.00 e. The summed E-state index contributed by atoms with van der Waals surface area (Å²) in [5.74, 6) is -2.35. The smallest absolute Gasteiger partial charge is 0.748 e. The third kappa shape index (κ3) is 22.1. The van der Waals surface area contributed by atoms with Crippen molar-refractivity contribution in [2.45, 2.75) is 9.79 Å². The summed E-state index contributed by atoms with van der Waals surface area (Å²) in [6, 6.07) is 6.31. The predicted octanol–water partition coefficient (Wildman–Crippen LogP) is -12.4. The van der Waals surface area contributed by atoms with Crippen molar-refractivity contribution in [2.75, 3.05) is 99.8 Å². The summed E-state index contributed by atoms with van der Waals surface area (Å²) in [7, 11) is -14.0. The molecule has 34 heteroatoms. The molecule has 340 valence electrons. The van der Waals surface area contributed by atoms with Crippen molar-refractivity contribution in [1.29, 1.82) is 0 Å². The van der Waals surface area contributed by atoms with Crippen molar-refractivity contribution in [3.63, 3.8) is 0 Å². The van der Waals surface area contributed by atoms with E-state index >= 15 is 0 Å². The number of methoxy groups -OCH3 is 2. The molecule has 0 fully saturated rings. The fourth-order valence-electron chi connectivity index (χ4n) is 4.77. The molecule has 0 aliphatic rings. The Bertz CT molecular complexity index is 2530. The van der Waals surface area contributed by atoms with E-state index in [-0.39, 0.29) is 216 Å². The van der Waals surface area contributed by atoms with Crippen LogP contribution in [0, 0.1) is 0 Å². The molecule has 66 heavy (non-hydrogen) atoms. The number of anilines is 6. The van der Waals surface area contributed by atoms with Gasteiger partial charge in [-0.15, -0.1) is 0 Å². The normalized spacial score (nSPS) is 11.6. The topological polar surface area (TPSA) is 374 Å². The number of nitrogens with one attached hydrogen (secondary N) is 2. The molecule has 2 N–H and O–H groups in total. The van der Waals surface area contributed by atoms with Gasteiger partial charge < -0.3 is 57.6 Å². The first kappa shape index (κ1) is 64.6. The molecular formula is C32H38N10Na4O16S4. The maximum Gasteiger partial charge on any atom is 1.00 e. The number of aromatic nitrogens is 6. The molecule has 2 aromatic heterocycles. The van der Waals surface area contributed by atoms with Crippen molar-refractivity contribution < 1.29 is 189 Å². The molecule has 0 saturated heterocycles. The van der Waals surface area contributed by atoms with Crippen LogP contribution in [-0.4, -0.2) is 161 Å². The summed E-state index contributed by atoms with van der Waals surface area (Å²) in [6.45, 7) is -0.391. The Morgan fingerprint density at radius 3 is 1.20 bits per heavy atom. The molecule has 0 amide bonds. The summed E-state index contributed by atoms with van der Waals surface area (Å²) in [4.78, 5) is 25.5. The minimum absolute atomic E-state index is 0. The number of ether oxygens (including phenoxy) is 4. The Morgan fingerprint density at radius 2 is 0.894 bits per heavy atom. The van der Waals surface area contributed by atoms with Crippen LogP contribution in [0.1, 0.15) is 11.1 Å². The summed E-state index contributed by atoms with van der Waals surface area (Å²) in [6.07, 6.45) is 2.15. The Kier molecular flexibility index (Phi) is 28.4. The summed E-state index contributed by atoms with van der Waals surface area (Å²) in [5, 5.41) is 5.41. The van der Waals surface area contributed by atoms with Crippen LogP contribution < -0.4 is 148 Å². The molecule has 4 aromatic rings. The molecule has 0 saturated carbocycles. The van der Waals surface area contributed by atoms with Gasteiger partial charge in [0.2, 0.25) is 23.8 Å². The molecule has 0 aliphatic heterocycles. The van der Waals surface area contributed by atoms with E-state index in [9.17, 15) is 51.9 Å². The molecule has 2 aromatic carbocycles. The van der Waals surface area contributed by atoms with Gasteiger partial charge in [-0.1, -0.05) is 24.3 Å². The quantitative estimate of drug-likeness (QED) is 0.0285. The molecule has 0 unspecified atom stereocenters. The van der Waals surface area contributed by atoms with Crippen LogP contribution in [0.4, 0.5) is 35.2 Å². The average molecular weight is 1040 g/mol. The van der Waals surface area contributed by atoms with Gasteiger partial charge in [0.25, 0.3) is 0 Å². The van der Waals surface area contributed by atoms with Crippen molar-refractivity contribution in [3.05, 3.63) is 47.5 Å². The second kappa shape index (κ2) is 29.0. The molecule has 26 nitrogen and oxygen atoms in total. The number of nitrogens with zero attached hydrogens (tertiary/aromatic N) is 8. The van der Waals surface area contributed by atoms with E-state index in [1.165, 1.54) is 62.4 Å². The second-order valence-electron chi connectivity index (χ2n) is 12.5. The Morgan fingerprint density at radius 1 is 0.545 bits per heavy atom. The van der Waals surface area contributed by atoms with Crippen LogP contribution >= 0.6 is 0 Å². The Balaban J connectivity index is 0.0000106. The average Bonchev–Trinajstić information content (AvgIpc) is 3.17. The van der Waals surface area contributed by atoms with Crippen LogP contribution in [-0.2, 0) is 49.9 Å². The standard InChI is InChI=1S/C32H42N10O16S4.4Na/c1-41(11-17-59(43,44)45)29-35-27(37-31(39-29)57-15-13-55-3)33-23-9-7-21(25(19-23)61(49,50)51)5-6-22-8-10-24(20-26(22)62(52,53)54)34-28-36-30(42(2)12-18-60(46,47)48)40-32(38-28)58-16-14-56-4;;;;/h5-10,19-20H,11-18H2,1-4H3,(H,43,44,45)(H,46,47,48)(H,49,50,51)(H,52,53,54)(H,33,35,37,39)(H,34,36,38,40);;;;/q;4*+1/p-4/b6-5+;;;;. The maximum atomic E-state index is 12.5. The van der Waals surface area contributed by atoms with Crippen LogP contribution in [0.5, 0.6) is 12.0 Å². The molecule has 0 aliphatic carbocycles. The number of benzene rings is 2. The van der Waals surface area contributed by atoms with Crippen molar-refractivity contribution in [3.8, 4) is 12.0 Å². The number of hydrogen-bond donors (Lipinski definition) is 2. The molecule has 2 heterocycles. The number of hydrogen-bond acceptors (Lipinski definition) is 26. The Hall–Kier alpha value is -1.44. The van der Waals surface area contributed by atoms with Gasteiger partial charge in [0, 0.05) is 52.8 Å². The molecule has 0 bridgehead atoms. The first-order valence-electron chi connectivity index (χ1n) is 17.4. The van der Waals surface area contributed by atoms with Gasteiger partial charge >= 0.3 is 130 Å². The SMILES string of the molecule is COCCOc1nc(Nc2ccc(/C=C/c3ccc(Nc4nc(OCCOC)nc(N(C)CCS(=O)(=O)[O-])n4)cc3S(=O)(=O)[O-])c(S(=O)(=O)[O-])c2)nc(N(C)CCS(=O)(=O)[O-])n1.[Na+].[Na+].[Na+].[Na+]. The first-order chi connectivity index (χ1) is 28.9. The molecular weight excluding hydrogens is 1000 g/mol. The monoisotopic (exact) mass is 1040 g/mol. The number of rotatable bonds is 24. The summed E-state index contributed by atoms with van der Waals surface area (Å²) in [5.41, 5.74) is -0.550. The van der Waals surface area contributed by atoms with Gasteiger partial charge in [-0.3, -0.25) is 0 Å². The zero-order chi connectivity index (χ0) is 45.9. The predicted molar refractivity (Wildman–Crippen MR) is 214 cm³/mol. The van der Waals surface area contributed by atoms with E-state index in [1.807, 2.05) is 0 Å². The van der Waals surface area contributed by atoms with E-state index in [0.29, 0.717) is 0 Å². The van der Waals surface area contributed by atoms with Gasteiger partial charge in [0.05, 0.1) is 54.7 Å². The van der Waals surface area contributed by atoms with E-state index < -0.39 is 61.8 Å². The fourth-order valence-corrected chi connectivity index (χ4v) is 7.16. The van der Waals surface area contributed by atoms with E-state index in [0.717, 1.165) is 24.3 Å². The zero-order valence-electron chi connectivity index (χ0n) is 37.0. The zero-order valence-corrected chi connectivity index (χ0v) is 48.3. The van der Waals surface area contributed by atoms with Crippen molar-refractivity contribution in [2.24, 2.45) is 0 Å². The van der Waals surface area contributed by atoms with Crippen LogP contribution in [0.25, 0.3) is 12.2 Å². The first-order valence-corrected chi connectivity index (χ1v) is 23.4. The fraction of sp³-hybridized carbons (Fsp3) is 0.375. The molecule has 0 atom stereocenters. The van der Waals surface area contributed by atoms with Gasteiger partial charge in [-0.05, 0) is 35.4 Å². The molecule has 0 spiro atoms. The van der Waals surface area contributed by atoms with Crippen molar-refractivity contribution in [1.82, 2.24) is 29.9 Å². The molecule has 4 rings (SSSR count). The second-order valence-corrected chi connectivity index (χ2v) is 18.3. The third-order valence-electron chi connectivity index (χ3n) is 7.80. The minimum Gasteiger partial charge on any atom is -0.748 e. The van der Waals surface area contributed by atoms with Gasteiger partial charge in [0.1, 0.15) is 33.5 Å². The third-order valence-corrected chi connectivity index (χ3v) is 10.9. The van der Waals surface area contributed by atoms with Gasteiger partial charge in [-0.2, -0.15) is 29.9 Å². The van der Waals surface area contributed by atoms with Gasteiger partial charge in [-0.25, -0.2) is 33.7 Å². The van der Waals surface area contributed by atoms with Crippen LogP contribution in [0.15, 0.2) is 46.2 Å². The summed E-state index contributed by atoms with van der Waals surface area (Å²) >= 11 is 0. The maximum absolute atomic E-state index is 12.5. The summed E-state index contributed by atoms with van der Waals surface area (Å²) < 4.78 is 163. The van der Waals surface area contributed by atoms with Crippen LogP contribution in [0.3, 0.4) is 0 Å². The van der Waals surface area contributed by atoms with E-state index in [4.69, 9.17) is 18.9 Å². The van der Waals surface area contributed by atoms with E-state index in [2.05, 4.69) is 40.5 Å². The van der Waals surface area contributed by atoms with Crippen LogP contribution in [0.2, 0.25) is 0 Å².